The Kier molecular flexibility index (Phi) is 4.12. The Morgan fingerprint density at radius 1 is 1.40 bits per heavy atom. The predicted octanol–water partition coefficient (Wildman–Crippen LogP) is 2.22. The third-order valence-corrected chi connectivity index (χ3v) is 3.85. The smallest absolute Gasteiger partial charge is 0.149 e. The summed E-state index contributed by atoms with van der Waals surface area (Å²) in [7, 11) is -3.03. The zero-order chi connectivity index (χ0) is 14.8. The molecular weight excluding hydrogens is 298 g/mol. The lowest BCUT2D eigenvalue weighted by atomic mass is 10.1. The predicted molar refractivity (Wildman–Crippen MR) is 79.7 cm³/mol. The number of rotatable bonds is 4. The molecule has 0 saturated carbocycles. The summed E-state index contributed by atoms with van der Waals surface area (Å²) in [5.41, 5.74) is 1.08. The van der Waals surface area contributed by atoms with Gasteiger partial charge in [-0.2, -0.15) is 5.26 Å². The van der Waals surface area contributed by atoms with E-state index in [1.54, 1.807) is 24.3 Å². The van der Waals surface area contributed by atoms with Crippen molar-refractivity contribution in [1.82, 2.24) is 4.98 Å². The fourth-order valence-corrected chi connectivity index (χ4v) is 2.39. The summed E-state index contributed by atoms with van der Waals surface area (Å²) in [5.74, 6) is 0.481. The molecule has 7 heteroatoms. The van der Waals surface area contributed by atoms with Crippen molar-refractivity contribution in [2.45, 2.75) is 0 Å². The summed E-state index contributed by atoms with van der Waals surface area (Å²) in [4.78, 5) is 4.33. The molecule has 0 unspecified atom stereocenters. The van der Waals surface area contributed by atoms with E-state index in [1.165, 1.54) is 6.26 Å². The number of hydrogen-bond donors (Lipinski definition) is 1. The van der Waals surface area contributed by atoms with E-state index in [0.29, 0.717) is 27.3 Å². The van der Waals surface area contributed by atoms with Crippen molar-refractivity contribution in [1.29, 1.82) is 5.26 Å². The van der Waals surface area contributed by atoms with E-state index in [2.05, 4.69) is 16.4 Å². The average molecular weight is 310 g/mol. The molecule has 0 amide bonds. The Labute approximate surface area is 122 Å². The van der Waals surface area contributed by atoms with E-state index >= 15 is 0 Å². The van der Waals surface area contributed by atoms with Gasteiger partial charge in [0, 0.05) is 23.2 Å². The molecular formula is C13H12ClN3O2S. The number of hydrogen-bond acceptors (Lipinski definition) is 5. The standard InChI is InChI=1S/C13H12ClN3O2S/c1-20(18,19)5-4-16-13-6-9(8-15)11-7-10(14)2-3-12(11)17-13/h2-3,6-7H,4-5H2,1H3,(H,16,17). The number of nitrogens with zero attached hydrogens (tertiary/aromatic N) is 2. The molecule has 0 radical (unpaired) electrons. The minimum atomic E-state index is -3.03. The highest BCUT2D eigenvalue weighted by Crippen LogP contribution is 2.23. The number of halogens is 1. The molecule has 0 saturated heterocycles. The minimum absolute atomic E-state index is 0.00915. The van der Waals surface area contributed by atoms with Gasteiger partial charge in [0.15, 0.2) is 0 Å². The second kappa shape index (κ2) is 5.65. The maximum absolute atomic E-state index is 11.1. The number of benzene rings is 1. The van der Waals surface area contributed by atoms with Crippen LogP contribution < -0.4 is 5.32 Å². The van der Waals surface area contributed by atoms with Crippen molar-refractivity contribution in [3.63, 3.8) is 0 Å². The number of nitriles is 1. The van der Waals surface area contributed by atoms with Crippen LogP contribution in [-0.2, 0) is 9.84 Å². The SMILES string of the molecule is CS(=O)(=O)CCNc1cc(C#N)c2cc(Cl)ccc2n1. The molecule has 0 spiro atoms. The van der Waals surface area contributed by atoms with Gasteiger partial charge in [-0.15, -0.1) is 0 Å². The largest absolute Gasteiger partial charge is 0.369 e. The van der Waals surface area contributed by atoms with Gasteiger partial charge in [0.1, 0.15) is 15.7 Å². The van der Waals surface area contributed by atoms with Crippen molar-refractivity contribution in [3.05, 3.63) is 34.9 Å². The Hall–Kier alpha value is -1.84. The normalized spacial score (nSPS) is 11.2. The van der Waals surface area contributed by atoms with E-state index in [0.717, 1.165) is 0 Å². The first-order chi connectivity index (χ1) is 9.39. The number of nitrogens with one attached hydrogen (secondary N) is 1. The van der Waals surface area contributed by atoms with E-state index in [4.69, 9.17) is 16.9 Å². The summed E-state index contributed by atoms with van der Waals surface area (Å²) in [6.07, 6.45) is 1.17. The third-order valence-electron chi connectivity index (χ3n) is 2.67. The van der Waals surface area contributed by atoms with Crippen LogP contribution in [0.3, 0.4) is 0 Å². The molecule has 0 fully saturated rings. The van der Waals surface area contributed by atoms with Crippen LogP contribution >= 0.6 is 11.6 Å². The van der Waals surface area contributed by atoms with E-state index in [-0.39, 0.29) is 12.3 Å². The average Bonchev–Trinajstić information content (AvgIpc) is 2.36. The number of aromatic nitrogens is 1. The zero-order valence-electron chi connectivity index (χ0n) is 10.7. The lowest BCUT2D eigenvalue weighted by Gasteiger charge is -2.07. The van der Waals surface area contributed by atoms with Gasteiger partial charge in [-0.25, -0.2) is 13.4 Å². The van der Waals surface area contributed by atoms with Crippen LogP contribution in [-0.4, -0.2) is 32.0 Å². The van der Waals surface area contributed by atoms with Gasteiger partial charge in [-0.3, -0.25) is 0 Å². The summed E-state index contributed by atoms with van der Waals surface area (Å²) in [6, 6.07) is 8.77. The van der Waals surface area contributed by atoms with Gasteiger partial charge in [-0.05, 0) is 24.3 Å². The van der Waals surface area contributed by atoms with Crippen LogP contribution in [0.1, 0.15) is 5.56 Å². The maximum atomic E-state index is 11.1. The van der Waals surface area contributed by atoms with Crippen molar-refractivity contribution in [2.75, 3.05) is 23.9 Å². The third kappa shape index (κ3) is 3.59. The van der Waals surface area contributed by atoms with Crippen LogP contribution in [0.15, 0.2) is 24.3 Å². The Bertz CT molecular complexity index is 797. The molecule has 1 N–H and O–H groups in total. The zero-order valence-corrected chi connectivity index (χ0v) is 12.3. The van der Waals surface area contributed by atoms with Gasteiger partial charge in [-0.1, -0.05) is 11.6 Å². The monoisotopic (exact) mass is 309 g/mol. The van der Waals surface area contributed by atoms with E-state index in [1.807, 2.05) is 0 Å². The Morgan fingerprint density at radius 2 is 2.15 bits per heavy atom. The second-order valence-electron chi connectivity index (χ2n) is 4.38. The number of anilines is 1. The molecule has 2 rings (SSSR count). The van der Waals surface area contributed by atoms with Crippen LogP contribution in [0.2, 0.25) is 5.02 Å². The summed E-state index contributed by atoms with van der Waals surface area (Å²) in [6.45, 7) is 0.246. The van der Waals surface area contributed by atoms with Crippen molar-refractivity contribution in [3.8, 4) is 6.07 Å². The van der Waals surface area contributed by atoms with Gasteiger partial charge in [0.05, 0.1) is 22.9 Å². The van der Waals surface area contributed by atoms with E-state index in [9.17, 15) is 8.42 Å². The van der Waals surface area contributed by atoms with Gasteiger partial charge < -0.3 is 5.32 Å². The summed E-state index contributed by atoms with van der Waals surface area (Å²) >= 11 is 5.90. The summed E-state index contributed by atoms with van der Waals surface area (Å²) in [5, 5.41) is 13.3. The minimum Gasteiger partial charge on any atom is -0.369 e. The number of sulfone groups is 1. The number of fused-ring (bicyclic) bond motifs is 1. The van der Waals surface area contributed by atoms with Crippen LogP contribution in [0.4, 0.5) is 5.82 Å². The molecule has 1 aromatic heterocycles. The quantitative estimate of drug-likeness (QED) is 0.936. The maximum Gasteiger partial charge on any atom is 0.149 e. The first-order valence-electron chi connectivity index (χ1n) is 5.81. The topological polar surface area (TPSA) is 82.9 Å². The first-order valence-corrected chi connectivity index (χ1v) is 8.25. The van der Waals surface area contributed by atoms with Crippen molar-refractivity contribution < 1.29 is 8.42 Å². The van der Waals surface area contributed by atoms with Crippen molar-refractivity contribution >= 4 is 38.2 Å². The van der Waals surface area contributed by atoms with Gasteiger partial charge in [0.25, 0.3) is 0 Å². The Morgan fingerprint density at radius 3 is 2.80 bits per heavy atom. The molecule has 2 aromatic rings. The first kappa shape index (κ1) is 14.6. The van der Waals surface area contributed by atoms with Crippen LogP contribution in [0.5, 0.6) is 0 Å². The second-order valence-corrected chi connectivity index (χ2v) is 7.08. The molecule has 0 atom stereocenters. The molecule has 20 heavy (non-hydrogen) atoms. The fourth-order valence-electron chi connectivity index (χ4n) is 1.75. The highest BCUT2D eigenvalue weighted by Gasteiger charge is 2.07. The summed E-state index contributed by atoms with van der Waals surface area (Å²) < 4.78 is 22.1. The van der Waals surface area contributed by atoms with E-state index < -0.39 is 9.84 Å². The highest BCUT2D eigenvalue weighted by molar-refractivity contribution is 7.90. The van der Waals surface area contributed by atoms with Crippen molar-refractivity contribution in [2.24, 2.45) is 0 Å². The molecule has 0 aliphatic heterocycles. The molecule has 0 aliphatic rings. The molecule has 1 aromatic carbocycles. The molecule has 1 heterocycles. The van der Waals surface area contributed by atoms with Gasteiger partial charge >= 0.3 is 0 Å². The molecule has 5 nitrogen and oxygen atoms in total. The van der Waals surface area contributed by atoms with Crippen LogP contribution in [0.25, 0.3) is 10.9 Å². The van der Waals surface area contributed by atoms with Gasteiger partial charge in [0.2, 0.25) is 0 Å². The number of pyridine rings is 1. The molecule has 0 bridgehead atoms. The highest BCUT2D eigenvalue weighted by atomic mass is 35.5. The van der Waals surface area contributed by atoms with Crippen LogP contribution in [0, 0.1) is 11.3 Å². The molecule has 0 aliphatic carbocycles. The Balaban J connectivity index is 2.32. The lowest BCUT2D eigenvalue weighted by molar-refractivity contribution is 0.602. The lowest BCUT2D eigenvalue weighted by Crippen LogP contribution is -2.14. The fraction of sp³-hybridized carbons (Fsp3) is 0.231. The molecule has 104 valence electrons.